The molecule has 50 valence electrons. The first kappa shape index (κ1) is 8.35. The number of hydrogen-bond acceptors (Lipinski definition) is 1. The Morgan fingerprint density at radius 2 is 1.75 bits per heavy atom. The van der Waals surface area contributed by atoms with E-state index in [1.165, 1.54) is 6.42 Å². The van der Waals surface area contributed by atoms with Crippen molar-refractivity contribution in [2.45, 2.75) is 44.6 Å². The molecule has 0 saturated carbocycles. The minimum absolute atomic E-state index is 0.796. The molecule has 0 aliphatic heterocycles. The molecule has 0 spiro atoms. The molecule has 0 saturated heterocycles. The Morgan fingerprint density at radius 1 is 1.25 bits per heavy atom. The topological polar surface area (TPSA) is 0 Å². The molecule has 0 heterocycles. The molecule has 1 heteroatoms. The summed E-state index contributed by atoms with van der Waals surface area (Å²) in [5, 5.41) is 1.64. The van der Waals surface area contributed by atoms with Crippen molar-refractivity contribution < 1.29 is 0 Å². The molecule has 0 fully saturated rings. The standard InChI is InChI=1S/C7H16S/c1-5-7(4)8-6(2)3/h6-7H,5H2,1-4H3/t7-/m0/s1. The van der Waals surface area contributed by atoms with Crippen molar-refractivity contribution in [1.82, 2.24) is 0 Å². The van der Waals surface area contributed by atoms with Gasteiger partial charge >= 0.3 is 0 Å². The monoisotopic (exact) mass is 132 g/mol. The molecular formula is C7H16S. The Kier molecular flexibility index (Phi) is 4.44. The molecule has 8 heavy (non-hydrogen) atoms. The van der Waals surface area contributed by atoms with E-state index in [9.17, 15) is 0 Å². The number of thioether (sulfide) groups is 1. The Morgan fingerprint density at radius 3 is 1.88 bits per heavy atom. The van der Waals surface area contributed by atoms with Crippen molar-refractivity contribution in [2.75, 3.05) is 0 Å². The van der Waals surface area contributed by atoms with Crippen LogP contribution in [-0.2, 0) is 0 Å². The molecule has 0 N–H and O–H groups in total. The Balaban J connectivity index is 3.10. The highest BCUT2D eigenvalue weighted by molar-refractivity contribution is 8.00. The van der Waals surface area contributed by atoms with E-state index in [2.05, 4.69) is 39.5 Å². The van der Waals surface area contributed by atoms with Crippen molar-refractivity contribution in [2.24, 2.45) is 0 Å². The zero-order valence-corrected chi connectivity index (χ0v) is 7.09. The van der Waals surface area contributed by atoms with Gasteiger partial charge in [-0.1, -0.05) is 27.7 Å². The Labute approximate surface area is 57.1 Å². The summed E-state index contributed by atoms with van der Waals surface area (Å²) in [5.74, 6) is 0. The maximum absolute atomic E-state index is 2.28. The van der Waals surface area contributed by atoms with Crippen molar-refractivity contribution in [3.8, 4) is 0 Å². The average molecular weight is 132 g/mol. The maximum atomic E-state index is 2.28. The van der Waals surface area contributed by atoms with Crippen LogP contribution >= 0.6 is 11.8 Å². The number of rotatable bonds is 3. The zero-order valence-electron chi connectivity index (χ0n) is 6.27. The van der Waals surface area contributed by atoms with E-state index in [0.29, 0.717) is 0 Å². The third-order valence-corrected chi connectivity index (χ3v) is 2.42. The van der Waals surface area contributed by atoms with E-state index < -0.39 is 0 Å². The summed E-state index contributed by atoms with van der Waals surface area (Å²) in [6, 6.07) is 0. The normalized spacial score (nSPS) is 14.6. The molecule has 0 unspecified atom stereocenters. The summed E-state index contributed by atoms with van der Waals surface area (Å²) in [4.78, 5) is 0. The molecular weight excluding hydrogens is 116 g/mol. The van der Waals surface area contributed by atoms with Gasteiger partial charge in [-0.3, -0.25) is 0 Å². The molecule has 0 nitrogen and oxygen atoms in total. The number of hydrogen-bond donors (Lipinski definition) is 0. The largest absolute Gasteiger partial charge is 0.156 e. The minimum Gasteiger partial charge on any atom is -0.156 e. The fraction of sp³-hybridized carbons (Fsp3) is 1.00. The molecule has 1 atom stereocenters. The third kappa shape index (κ3) is 4.51. The molecule has 0 radical (unpaired) electrons. The van der Waals surface area contributed by atoms with E-state index in [1.54, 1.807) is 0 Å². The molecule has 0 aliphatic carbocycles. The Hall–Kier alpha value is 0.350. The lowest BCUT2D eigenvalue weighted by molar-refractivity contribution is 0.896. The van der Waals surface area contributed by atoms with Crippen molar-refractivity contribution >= 4 is 11.8 Å². The molecule has 0 amide bonds. The highest BCUT2D eigenvalue weighted by atomic mass is 32.2. The quantitative estimate of drug-likeness (QED) is 0.569. The summed E-state index contributed by atoms with van der Waals surface area (Å²) < 4.78 is 0. The summed E-state index contributed by atoms with van der Waals surface area (Å²) in [6.45, 7) is 9.01. The van der Waals surface area contributed by atoms with Crippen LogP contribution in [0.4, 0.5) is 0 Å². The molecule has 0 aromatic carbocycles. The van der Waals surface area contributed by atoms with Gasteiger partial charge in [0.1, 0.15) is 0 Å². The summed E-state index contributed by atoms with van der Waals surface area (Å²) in [7, 11) is 0. The van der Waals surface area contributed by atoms with Gasteiger partial charge in [0.15, 0.2) is 0 Å². The molecule has 0 aromatic heterocycles. The average Bonchev–Trinajstić information content (AvgIpc) is 1.65. The van der Waals surface area contributed by atoms with E-state index in [-0.39, 0.29) is 0 Å². The van der Waals surface area contributed by atoms with Crippen LogP contribution in [0.5, 0.6) is 0 Å². The van der Waals surface area contributed by atoms with Gasteiger partial charge in [-0.15, -0.1) is 0 Å². The molecule has 0 aromatic rings. The van der Waals surface area contributed by atoms with Gasteiger partial charge in [-0.25, -0.2) is 0 Å². The smallest absolute Gasteiger partial charge is 0.00186 e. The van der Waals surface area contributed by atoms with Gasteiger partial charge in [-0.2, -0.15) is 11.8 Å². The van der Waals surface area contributed by atoms with Gasteiger partial charge in [0.2, 0.25) is 0 Å². The van der Waals surface area contributed by atoms with Gasteiger partial charge in [0.25, 0.3) is 0 Å². The second-order valence-electron chi connectivity index (χ2n) is 2.40. The van der Waals surface area contributed by atoms with Crippen LogP contribution in [0.25, 0.3) is 0 Å². The van der Waals surface area contributed by atoms with E-state index in [0.717, 1.165) is 10.5 Å². The summed E-state index contributed by atoms with van der Waals surface area (Å²) in [6.07, 6.45) is 1.29. The molecule has 0 bridgehead atoms. The third-order valence-electron chi connectivity index (χ3n) is 1.08. The first-order valence-electron chi connectivity index (χ1n) is 3.32. The van der Waals surface area contributed by atoms with Crippen LogP contribution < -0.4 is 0 Å². The highest BCUT2D eigenvalue weighted by Gasteiger charge is 2.00. The van der Waals surface area contributed by atoms with Crippen LogP contribution in [-0.4, -0.2) is 10.5 Å². The van der Waals surface area contributed by atoms with E-state index in [1.807, 2.05) is 0 Å². The van der Waals surface area contributed by atoms with Crippen molar-refractivity contribution in [3.05, 3.63) is 0 Å². The fourth-order valence-electron chi connectivity index (χ4n) is 0.561. The summed E-state index contributed by atoms with van der Waals surface area (Å²) in [5.41, 5.74) is 0. The van der Waals surface area contributed by atoms with Crippen LogP contribution in [0, 0.1) is 0 Å². The second kappa shape index (κ2) is 4.25. The van der Waals surface area contributed by atoms with Gasteiger partial charge < -0.3 is 0 Å². The van der Waals surface area contributed by atoms with Crippen molar-refractivity contribution in [1.29, 1.82) is 0 Å². The lowest BCUT2D eigenvalue weighted by atomic mass is 10.4. The molecule has 0 aliphatic rings. The van der Waals surface area contributed by atoms with Crippen LogP contribution in [0.2, 0.25) is 0 Å². The van der Waals surface area contributed by atoms with Crippen LogP contribution in [0.3, 0.4) is 0 Å². The summed E-state index contributed by atoms with van der Waals surface area (Å²) >= 11 is 2.05. The predicted octanol–water partition coefficient (Wildman–Crippen LogP) is 2.93. The van der Waals surface area contributed by atoms with Gasteiger partial charge in [-0.05, 0) is 11.7 Å². The lowest BCUT2D eigenvalue weighted by Crippen LogP contribution is -1.98. The SMILES string of the molecule is CC[C@H](C)SC(C)C. The van der Waals surface area contributed by atoms with E-state index >= 15 is 0 Å². The van der Waals surface area contributed by atoms with Crippen LogP contribution in [0.15, 0.2) is 0 Å². The minimum atomic E-state index is 0.796. The second-order valence-corrected chi connectivity index (χ2v) is 4.42. The van der Waals surface area contributed by atoms with Crippen LogP contribution in [0.1, 0.15) is 34.1 Å². The Bertz CT molecular complexity index is 50.3. The van der Waals surface area contributed by atoms with Crippen molar-refractivity contribution in [3.63, 3.8) is 0 Å². The highest BCUT2D eigenvalue weighted by Crippen LogP contribution is 2.18. The lowest BCUT2D eigenvalue weighted by Gasteiger charge is -2.09. The maximum Gasteiger partial charge on any atom is 0.00186 e. The fourth-order valence-corrected chi connectivity index (χ4v) is 1.68. The first-order chi connectivity index (χ1) is 3.66. The zero-order chi connectivity index (χ0) is 6.57. The van der Waals surface area contributed by atoms with Gasteiger partial charge in [0, 0.05) is 5.25 Å². The predicted molar refractivity (Wildman–Crippen MR) is 42.5 cm³/mol. The van der Waals surface area contributed by atoms with E-state index in [4.69, 9.17) is 0 Å². The first-order valence-corrected chi connectivity index (χ1v) is 4.26. The van der Waals surface area contributed by atoms with Gasteiger partial charge in [0.05, 0.1) is 0 Å². The molecule has 0 rings (SSSR count).